The van der Waals surface area contributed by atoms with Gasteiger partial charge in [-0.1, -0.05) is 231 Å². The van der Waals surface area contributed by atoms with Crippen LogP contribution in [-0.4, -0.2) is 0 Å². The van der Waals surface area contributed by atoms with E-state index < -0.39 is 0 Å². The molecule has 0 radical (unpaired) electrons. The van der Waals surface area contributed by atoms with E-state index in [1.165, 1.54) is 55.6 Å². The minimum atomic E-state index is 1.09. The van der Waals surface area contributed by atoms with Gasteiger partial charge in [-0.2, -0.15) is 0 Å². The summed E-state index contributed by atoms with van der Waals surface area (Å²) >= 11 is 0. The lowest BCUT2D eigenvalue weighted by molar-refractivity contribution is 1.28. The Morgan fingerprint density at radius 1 is 0.157 bits per heavy atom. The molecule has 0 fully saturated rings. The van der Waals surface area contributed by atoms with Gasteiger partial charge >= 0.3 is 0 Å². The van der Waals surface area contributed by atoms with Crippen LogP contribution in [0.25, 0.3) is 67.8 Å². The van der Waals surface area contributed by atoms with Crippen LogP contribution >= 0.6 is 0 Å². The zero-order valence-electron chi connectivity index (χ0n) is 38.8. The van der Waals surface area contributed by atoms with Gasteiger partial charge in [0.25, 0.3) is 0 Å². The summed E-state index contributed by atoms with van der Waals surface area (Å²) in [5.74, 6) is 0. The SMILES string of the molecule is C(=Cc1ccc(N(c2ccc(-c3ccccc3)cc2)c2ccc(-c3ccccc3)cc2)cc1)c1ccc(-c2ccc(N(c3ccc(-c4ccccc4)cc3)c3ccc(-c4ccccc4)cc3)cc2)cc1. The summed E-state index contributed by atoms with van der Waals surface area (Å²) in [5.41, 5.74) is 20.8. The van der Waals surface area contributed by atoms with E-state index in [1.807, 2.05) is 0 Å². The number of hydrogen-bond acceptors (Lipinski definition) is 2. The Labute approximate surface area is 412 Å². The van der Waals surface area contributed by atoms with Crippen LogP contribution in [0.2, 0.25) is 0 Å². The Bertz CT molecular complexity index is 3260. The molecule has 0 amide bonds. The average Bonchev–Trinajstić information content (AvgIpc) is 3.45. The maximum atomic E-state index is 2.33. The van der Waals surface area contributed by atoms with Crippen molar-refractivity contribution in [2.45, 2.75) is 0 Å². The van der Waals surface area contributed by atoms with Gasteiger partial charge in [-0.3, -0.25) is 0 Å². The molecule has 0 N–H and O–H groups in total. The minimum absolute atomic E-state index is 1.09. The molecule has 0 bridgehead atoms. The quantitative estimate of drug-likeness (QED) is 0.106. The van der Waals surface area contributed by atoms with Crippen molar-refractivity contribution in [3.05, 3.63) is 302 Å². The summed E-state index contributed by atoms with van der Waals surface area (Å²) in [6.07, 6.45) is 4.38. The lowest BCUT2D eigenvalue weighted by atomic mass is 10.0. The predicted molar refractivity (Wildman–Crippen MR) is 298 cm³/mol. The van der Waals surface area contributed by atoms with Gasteiger partial charge < -0.3 is 9.80 Å². The van der Waals surface area contributed by atoms with Crippen LogP contribution in [0.4, 0.5) is 34.1 Å². The first-order chi connectivity index (χ1) is 34.7. The third kappa shape index (κ3) is 9.76. The first kappa shape index (κ1) is 43.3. The topological polar surface area (TPSA) is 6.48 Å². The molecule has 0 aromatic heterocycles. The number of nitrogens with zero attached hydrogens (tertiary/aromatic N) is 2. The molecular formula is C68H50N2. The minimum Gasteiger partial charge on any atom is -0.311 e. The van der Waals surface area contributed by atoms with E-state index in [4.69, 9.17) is 0 Å². The van der Waals surface area contributed by atoms with Crippen LogP contribution in [0.5, 0.6) is 0 Å². The van der Waals surface area contributed by atoms with Gasteiger partial charge in [-0.15, -0.1) is 0 Å². The van der Waals surface area contributed by atoms with Gasteiger partial charge in [-0.05, 0) is 140 Å². The summed E-state index contributed by atoms with van der Waals surface area (Å²) in [4.78, 5) is 4.66. The van der Waals surface area contributed by atoms with Crippen molar-refractivity contribution in [1.29, 1.82) is 0 Å². The van der Waals surface area contributed by atoms with Crippen LogP contribution < -0.4 is 9.80 Å². The lowest BCUT2D eigenvalue weighted by Crippen LogP contribution is -2.09. The third-order valence-electron chi connectivity index (χ3n) is 12.9. The molecular weight excluding hydrogens is 845 g/mol. The Hall–Kier alpha value is -9.24. The maximum Gasteiger partial charge on any atom is 0.0462 e. The molecule has 0 heterocycles. The van der Waals surface area contributed by atoms with E-state index in [1.54, 1.807) is 0 Å². The number of benzene rings is 11. The van der Waals surface area contributed by atoms with Crippen molar-refractivity contribution in [2.24, 2.45) is 0 Å². The highest BCUT2D eigenvalue weighted by Crippen LogP contribution is 2.39. The number of anilines is 6. The van der Waals surface area contributed by atoms with E-state index in [2.05, 4.69) is 313 Å². The van der Waals surface area contributed by atoms with E-state index in [0.717, 1.165) is 45.3 Å². The Kier molecular flexibility index (Phi) is 12.6. The monoisotopic (exact) mass is 894 g/mol. The molecule has 11 aromatic carbocycles. The first-order valence-electron chi connectivity index (χ1n) is 23.9. The molecule has 0 aliphatic heterocycles. The zero-order valence-corrected chi connectivity index (χ0v) is 38.8. The van der Waals surface area contributed by atoms with Crippen molar-refractivity contribution in [3.63, 3.8) is 0 Å². The van der Waals surface area contributed by atoms with Crippen LogP contribution in [0.1, 0.15) is 11.1 Å². The second kappa shape index (κ2) is 20.3. The molecule has 0 aliphatic rings. The molecule has 11 rings (SSSR count). The van der Waals surface area contributed by atoms with E-state index in [-0.39, 0.29) is 0 Å². The smallest absolute Gasteiger partial charge is 0.0462 e. The summed E-state index contributed by atoms with van der Waals surface area (Å²) in [5, 5.41) is 0. The van der Waals surface area contributed by atoms with E-state index in [0.29, 0.717) is 0 Å². The van der Waals surface area contributed by atoms with Crippen molar-refractivity contribution < 1.29 is 0 Å². The second-order valence-electron chi connectivity index (χ2n) is 17.4. The highest BCUT2D eigenvalue weighted by molar-refractivity contribution is 5.83. The maximum absolute atomic E-state index is 2.33. The van der Waals surface area contributed by atoms with Crippen LogP contribution in [0, 0.1) is 0 Å². The molecule has 332 valence electrons. The van der Waals surface area contributed by atoms with Crippen molar-refractivity contribution in [3.8, 4) is 55.6 Å². The van der Waals surface area contributed by atoms with Crippen molar-refractivity contribution >= 4 is 46.3 Å². The van der Waals surface area contributed by atoms with Gasteiger partial charge in [0.2, 0.25) is 0 Å². The summed E-state index contributed by atoms with van der Waals surface area (Å²) in [6, 6.07) is 104. The Morgan fingerprint density at radius 3 is 0.529 bits per heavy atom. The largest absolute Gasteiger partial charge is 0.311 e. The van der Waals surface area contributed by atoms with Crippen molar-refractivity contribution in [2.75, 3.05) is 9.80 Å². The molecule has 2 nitrogen and oxygen atoms in total. The molecule has 0 aliphatic carbocycles. The molecule has 2 heteroatoms. The van der Waals surface area contributed by atoms with Gasteiger partial charge in [0.05, 0.1) is 0 Å². The third-order valence-corrected chi connectivity index (χ3v) is 12.9. The summed E-state index contributed by atoms with van der Waals surface area (Å²) < 4.78 is 0. The molecule has 0 saturated carbocycles. The first-order valence-corrected chi connectivity index (χ1v) is 23.9. The molecule has 0 spiro atoms. The average molecular weight is 895 g/mol. The fraction of sp³-hybridized carbons (Fsp3) is 0. The zero-order chi connectivity index (χ0) is 46.9. The second-order valence-corrected chi connectivity index (χ2v) is 17.4. The Balaban J connectivity index is 0.814. The molecule has 0 unspecified atom stereocenters. The van der Waals surface area contributed by atoms with Gasteiger partial charge in [-0.25, -0.2) is 0 Å². The molecule has 0 saturated heterocycles. The van der Waals surface area contributed by atoms with Crippen LogP contribution in [0.15, 0.2) is 291 Å². The fourth-order valence-corrected chi connectivity index (χ4v) is 9.15. The van der Waals surface area contributed by atoms with Crippen molar-refractivity contribution in [1.82, 2.24) is 0 Å². The summed E-state index contributed by atoms with van der Waals surface area (Å²) in [7, 11) is 0. The molecule has 0 atom stereocenters. The van der Waals surface area contributed by atoms with Gasteiger partial charge in [0, 0.05) is 34.1 Å². The number of hydrogen-bond donors (Lipinski definition) is 0. The van der Waals surface area contributed by atoms with E-state index in [9.17, 15) is 0 Å². The Morgan fingerprint density at radius 2 is 0.314 bits per heavy atom. The number of rotatable bonds is 13. The lowest BCUT2D eigenvalue weighted by Gasteiger charge is -2.26. The van der Waals surface area contributed by atoms with E-state index >= 15 is 0 Å². The van der Waals surface area contributed by atoms with Gasteiger partial charge in [0.15, 0.2) is 0 Å². The fourth-order valence-electron chi connectivity index (χ4n) is 9.15. The summed E-state index contributed by atoms with van der Waals surface area (Å²) in [6.45, 7) is 0. The van der Waals surface area contributed by atoms with Gasteiger partial charge in [0.1, 0.15) is 0 Å². The normalized spacial score (nSPS) is 11.1. The highest BCUT2D eigenvalue weighted by atomic mass is 15.1. The van der Waals surface area contributed by atoms with Crippen LogP contribution in [0.3, 0.4) is 0 Å². The molecule has 11 aromatic rings. The molecule has 70 heavy (non-hydrogen) atoms. The predicted octanol–water partition coefficient (Wildman–Crippen LogP) is 19.1. The van der Waals surface area contributed by atoms with Crippen LogP contribution in [-0.2, 0) is 0 Å². The standard InChI is InChI=1S/C68H50N2/c1-5-13-53(14-6-1)58-29-41-64(42-30-58)69(65-43-31-59(32-44-65)54-15-7-2-8-16-54)63-39-25-52(26-40-63)22-21-51-23-27-57(28-24-51)62-37-49-68(50-38-62)70(66-45-33-60(34-46-66)55-17-9-3-10-18-55)67-47-35-61(36-48-67)56-19-11-4-12-20-56/h1-50H. The highest BCUT2D eigenvalue weighted by Gasteiger charge is 2.16.